The molecule has 2 N–H and O–H groups in total. The minimum absolute atomic E-state index is 0.274. The lowest BCUT2D eigenvalue weighted by Gasteiger charge is -1.91. The summed E-state index contributed by atoms with van der Waals surface area (Å²) in [5.41, 5.74) is 7.61. The number of fused-ring (bicyclic) bond motifs is 1. The summed E-state index contributed by atoms with van der Waals surface area (Å²) in [7, 11) is 0. The number of hydrogen-bond acceptors (Lipinski definition) is 4. The van der Waals surface area contributed by atoms with Crippen molar-refractivity contribution in [3.63, 3.8) is 0 Å². The number of oxazole rings is 1. The number of nitrogens with zero attached hydrogens (tertiary/aromatic N) is 1. The molecule has 1 aromatic heterocycles. The third kappa shape index (κ3) is 1.30. The number of nitrogen functional groups attached to an aromatic ring is 1. The van der Waals surface area contributed by atoms with Gasteiger partial charge in [0.05, 0.1) is 12.3 Å². The molecule has 0 fully saturated rings. The molecule has 0 saturated heterocycles. The van der Waals surface area contributed by atoms with Gasteiger partial charge in [-0.2, -0.15) is 4.98 Å². The summed E-state index contributed by atoms with van der Waals surface area (Å²) in [5.74, 6) is 0. The van der Waals surface area contributed by atoms with E-state index in [9.17, 15) is 0 Å². The number of rotatable bonds is 2. The Morgan fingerprint density at radius 3 is 3.08 bits per heavy atom. The molecule has 2 rings (SSSR count). The molecule has 4 heteroatoms. The summed E-state index contributed by atoms with van der Waals surface area (Å²) in [6.45, 7) is 2.41. The molecule has 68 valence electrons. The second-order valence-electron chi connectivity index (χ2n) is 2.61. The Morgan fingerprint density at radius 2 is 2.38 bits per heavy atom. The average Bonchev–Trinajstić information content (AvgIpc) is 2.49. The topological polar surface area (TPSA) is 61.3 Å². The first kappa shape index (κ1) is 7.91. The Morgan fingerprint density at radius 1 is 1.54 bits per heavy atom. The van der Waals surface area contributed by atoms with Crippen LogP contribution in [-0.4, -0.2) is 11.6 Å². The largest absolute Gasteiger partial charge is 0.450 e. The van der Waals surface area contributed by atoms with Crippen molar-refractivity contribution in [2.75, 3.05) is 12.3 Å². The third-order valence-corrected chi connectivity index (χ3v) is 1.70. The molecule has 0 aliphatic heterocycles. The molecule has 2 aromatic rings. The van der Waals surface area contributed by atoms with Crippen LogP contribution in [0.2, 0.25) is 0 Å². The standard InChI is InChI=1S/C9H10N2O2/c1-2-12-9-11-8-6(10)4-3-5-7(8)13-9/h3-5H,2,10H2,1H3. The zero-order valence-electron chi connectivity index (χ0n) is 7.28. The Labute approximate surface area is 75.3 Å². The normalized spacial score (nSPS) is 10.5. The first-order chi connectivity index (χ1) is 6.31. The SMILES string of the molecule is CCOc1nc2c(N)cccc2o1. The zero-order valence-corrected chi connectivity index (χ0v) is 7.28. The first-order valence-corrected chi connectivity index (χ1v) is 4.09. The van der Waals surface area contributed by atoms with E-state index in [1.807, 2.05) is 13.0 Å². The molecule has 0 aliphatic carbocycles. The molecule has 0 bridgehead atoms. The number of nitrogens with two attached hydrogens (primary N) is 1. The predicted octanol–water partition coefficient (Wildman–Crippen LogP) is 1.81. The van der Waals surface area contributed by atoms with Gasteiger partial charge < -0.3 is 14.9 Å². The Balaban J connectivity index is 2.55. The summed E-state index contributed by atoms with van der Waals surface area (Å²) in [5, 5.41) is 0. The summed E-state index contributed by atoms with van der Waals surface area (Å²) in [4.78, 5) is 4.09. The van der Waals surface area contributed by atoms with Crippen LogP contribution in [0.5, 0.6) is 6.08 Å². The van der Waals surface area contributed by atoms with Crippen LogP contribution in [0.15, 0.2) is 22.6 Å². The molecular weight excluding hydrogens is 168 g/mol. The molecule has 0 saturated carbocycles. The van der Waals surface area contributed by atoms with E-state index in [1.165, 1.54) is 0 Å². The molecule has 1 heterocycles. The molecule has 1 aromatic carbocycles. The predicted molar refractivity (Wildman–Crippen MR) is 49.6 cm³/mol. The van der Waals surface area contributed by atoms with Gasteiger partial charge >= 0.3 is 6.08 Å². The molecule has 13 heavy (non-hydrogen) atoms. The Bertz CT molecular complexity index is 422. The third-order valence-electron chi connectivity index (χ3n) is 1.70. The molecular formula is C9H10N2O2. The van der Waals surface area contributed by atoms with Crippen LogP contribution >= 0.6 is 0 Å². The summed E-state index contributed by atoms with van der Waals surface area (Å²) < 4.78 is 10.4. The highest BCUT2D eigenvalue weighted by Gasteiger charge is 2.07. The van der Waals surface area contributed by atoms with Crippen LogP contribution in [0.25, 0.3) is 11.1 Å². The number of ether oxygens (including phenoxy) is 1. The van der Waals surface area contributed by atoms with Crippen molar-refractivity contribution in [3.05, 3.63) is 18.2 Å². The van der Waals surface area contributed by atoms with E-state index in [0.29, 0.717) is 23.4 Å². The molecule has 4 nitrogen and oxygen atoms in total. The minimum Gasteiger partial charge on any atom is -0.450 e. The van der Waals surface area contributed by atoms with E-state index in [-0.39, 0.29) is 6.08 Å². The highest BCUT2D eigenvalue weighted by atomic mass is 16.6. The van der Waals surface area contributed by atoms with Gasteiger partial charge in [0.2, 0.25) is 0 Å². The number of para-hydroxylation sites is 1. The van der Waals surface area contributed by atoms with Gasteiger partial charge in [-0.25, -0.2) is 0 Å². The van der Waals surface area contributed by atoms with Gasteiger partial charge in [0.25, 0.3) is 0 Å². The van der Waals surface area contributed by atoms with E-state index in [0.717, 1.165) is 0 Å². The lowest BCUT2D eigenvalue weighted by Crippen LogP contribution is -1.90. The highest BCUT2D eigenvalue weighted by Crippen LogP contribution is 2.24. The number of benzene rings is 1. The smallest absolute Gasteiger partial charge is 0.394 e. The molecule has 0 atom stereocenters. The van der Waals surface area contributed by atoms with Crippen molar-refractivity contribution in [2.24, 2.45) is 0 Å². The van der Waals surface area contributed by atoms with E-state index in [1.54, 1.807) is 12.1 Å². The molecule has 0 spiro atoms. The summed E-state index contributed by atoms with van der Waals surface area (Å²) in [6, 6.07) is 5.40. The van der Waals surface area contributed by atoms with Crippen molar-refractivity contribution < 1.29 is 9.15 Å². The van der Waals surface area contributed by atoms with Crippen LogP contribution in [0, 0.1) is 0 Å². The van der Waals surface area contributed by atoms with E-state index >= 15 is 0 Å². The highest BCUT2D eigenvalue weighted by molar-refractivity contribution is 5.85. The van der Waals surface area contributed by atoms with Gasteiger partial charge in [0, 0.05) is 0 Å². The van der Waals surface area contributed by atoms with Crippen LogP contribution in [0.4, 0.5) is 5.69 Å². The maximum atomic E-state index is 5.69. The summed E-state index contributed by atoms with van der Waals surface area (Å²) in [6.07, 6.45) is 0.274. The maximum absolute atomic E-state index is 5.69. The lowest BCUT2D eigenvalue weighted by atomic mass is 10.3. The van der Waals surface area contributed by atoms with Crippen LogP contribution in [0.3, 0.4) is 0 Å². The van der Waals surface area contributed by atoms with Gasteiger partial charge in [0.15, 0.2) is 5.58 Å². The Kier molecular flexibility index (Phi) is 1.81. The van der Waals surface area contributed by atoms with Crippen molar-refractivity contribution in [2.45, 2.75) is 6.92 Å². The molecule has 0 amide bonds. The van der Waals surface area contributed by atoms with Gasteiger partial charge in [-0.1, -0.05) is 6.07 Å². The van der Waals surface area contributed by atoms with Crippen LogP contribution < -0.4 is 10.5 Å². The molecule has 0 unspecified atom stereocenters. The zero-order chi connectivity index (χ0) is 9.26. The summed E-state index contributed by atoms with van der Waals surface area (Å²) >= 11 is 0. The van der Waals surface area contributed by atoms with Crippen molar-refractivity contribution in [1.29, 1.82) is 0 Å². The first-order valence-electron chi connectivity index (χ1n) is 4.09. The van der Waals surface area contributed by atoms with Crippen LogP contribution in [0.1, 0.15) is 6.92 Å². The fraction of sp³-hybridized carbons (Fsp3) is 0.222. The van der Waals surface area contributed by atoms with Gasteiger partial charge in [0.1, 0.15) is 5.52 Å². The second-order valence-corrected chi connectivity index (χ2v) is 2.61. The lowest BCUT2D eigenvalue weighted by molar-refractivity contribution is 0.251. The van der Waals surface area contributed by atoms with E-state index in [4.69, 9.17) is 14.9 Å². The molecule has 0 aliphatic rings. The minimum atomic E-state index is 0.274. The monoisotopic (exact) mass is 178 g/mol. The van der Waals surface area contributed by atoms with Gasteiger partial charge in [-0.05, 0) is 19.1 Å². The van der Waals surface area contributed by atoms with Crippen molar-refractivity contribution in [3.8, 4) is 6.08 Å². The van der Waals surface area contributed by atoms with Crippen LogP contribution in [-0.2, 0) is 0 Å². The number of anilines is 1. The van der Waals surface area contributed by atoms with Crippen molar-refractivity contribution >= 4 is 16.8 Å². The fourth-order valence-corrected chi connectivity index (χ4v) is 1.13. The van der Waals surface area contributed by atoms with Gasteiger partial charge in [-0.3, -0.25) is 0 Å². The quantitative estimate of drug-likeness (QED) is 0.712. The van der Waals surface area contributed by atoms with Crippen molar-refractivity contribution in [1.82, 2.24) is 4.98 Å². The molecule has 0 radical (unpaired) electrons. The number of aromatic nitrogens is 1. The van der Waals surface area contributed by atoms with E-state index in [2.05, 4.69) is 4.98 Å². The Hall–Kier alpha value is -1.71. The average molecular weight is 178 g/mol. The second kappa shape index (κ2) is 2.97. The number of hydrogen-bond donors (Lipinski definition) is 1. The van der Waals surface area contributed by atoms with Gasteiger partial charge in [-0.15, -0.1) is 0 Å². The fourth-order valence-electron chi connectivity index (χ4n) is 1.13. The van der Waals surface area contributed by atoms with E-state index < -0.39 is 0 Å². The maximum Gasteiger partial charge on any atom is 0.394 e.